The number of phosphoric ester groups is 4. The normalized spacial score (nSPS) is 18.9. The molecule has 0 heterocycles. The molecule has 0 amide bonds. The maximum Gasteiger partial charge on any atom is 0.481 e. The smallest absolute Gasteiger partial charge is 0.438 e. The van der Waals surface area contributed by atoms with E-state index in [9.17, 15) is 56.6 Å². The molecule has 0 radical (unpaired) electrons. The van der Waals surface area contributed by atoms with Crippen molar-refractivity contribution in [2.45, 2.75) is 118 Å². The summed E-state index contributed by atoms with van der Waals surface area (Å²) in [6, 6.07) is 0. The molecule has 1 aliphatic carbocycles. The third kappa shape index (κ3) is 29.6. The van der Waals surface area contributed by atoms with E-state index in [1.165, 1.54) is 0 Å². The summed E-state index contributed by atoms with van der Waals surface area (Å²) in [6.45, 7) is 1.17. The van der Waals surface area contributed by atoms with Crippen LogP contribution in [-0.2, 0) is 158 Å². The number of rotatable bonds is 40. The highest BCUT2D eigenvalue weighted by molar-refractivity contribution is 7.49. The standard InChI is InChI=1S/C38H62O34P4/c1-11-13-14-16-52-34-33(51-15-12-2)35(69-73(47,61-17-53-25(3)39)62-18-54-26(4)40)37(71-75(49,65-21-57-29(7)43)66-22-58-30(8)44)38(72-76(50,67-23-59-31(9)45)68-24-60-32(10)46)36(34)70-74(48,63-19-55-27(5)41)64-20-56-28(6)42/h12,33-38H,2,11,13-24H2,1,3-10H3/t33-,34+,35-,36-,37+,38+/m1/s1. The maximum absolute atomic E-state index is 14.9. The molecule has 1 fully saturated rings. The van der Waals surface area contributed by atoms with Crippen molar-refractivity contribution in [3.05, 3.63) is 12.7 Å². The summed E-state index contributed by atoms with van der Waals surface area (Å²) in [6.07, 6.45) is -12.5. The van der Waals surface area contributed by atoms with Gasteiger partial charge in [-0.2, -0.15) is 0 Å². The molecule has 1 aliphatic rings. The van der Waals surface area contributed by atoms with Gasteiger partial charge in [0.2, 0.25) is 54.3 Å². The van der Waals surface area contributed by atoms with Gasteiger partial charge in [-0.15, -0.1) is 6.58 Å². The third-order valence-corrected chi connectivity index (χ3v) is 13.6. The Labute approximate surface area is 435 Å². The van der Waals surface area contributed by atoms with Gasteiger partial charge < -0.3 is 47.4 Å². The lowest BCUT2D eigenvalue weighted by molar-refractivity contribution is -0.239. The lowest BCUT2D eigenvalue weighted by atomic mass is 9.84. The van der Waals surface area contributed by atoms with Crippen LogP contribution in [0, 0.1) is 0 Å². The zero-order chi connectivity index (χ0) is 57.5. The van der Waals surface area contributed by atoms with Crippen LogP contribution in [0.2, 0.25) is 0 Å². The number of unbranched alkanes of at least 4 members (excludes halogenated alkanes) is 2. The van der Waals surface area contributed by atoms with Gasteiger partial charge in [0.15, 0.2) is 0 Å². The van der Waals surface area contributed by atoms with Crippen molar-refractivity contribution in [1.29, 1.82) is 0 Å². The molecule has 0 bridgehead atoms. The van der Waals surface area contributed by atoms with E-state index in [-0.39, 0.29) is 13.0 Å². The van der Waals surface area contributed by atoms with Crippen molar-refractivity contribution < 1.29 is 158 Å². The molecule has 76 heavy (non-hydrogen) atoms. The zero-order valence-corrected chi connectivity index (χ0v) is 46.2. The van der Waals surface area contributed by atoms with Crippen LogP contribution in [0.15, 0.2) is 12.7 Å². The minimum atomic E-state index is -5.73. The van der Waals surface area contributed by atoms with E-state index in [1.54, 1.807) is 6.92 Å². The predicted molar refractivity (Wildman–Crippen MR) is 241 cm³/mol. The molecule has 0 unspecified atom stereocenters. The average molecular weight is 1190 g/mol. The fourth-order valence-corrected chi connectivity index (χ4v) is 9.50. The lowest BCUT2D eigenvalue weighted by Crippen LogP contribution is -2.67. The fraction of sp³-hybridized carbons (Fsp3) is 0.737. The Hall–Kier alpha value is -4.14. The lowest BCUT2D eigenvalue weighted by Gasteiger charge is -2.49. The van der Waals surface area contributed by atoms with Crippen molar-refractivity contribution in [2.75, 3.05) is 67.6 Å². The molecule has 34 nitrogen and oxygen atoms in total. The first kappa shape index (κ1) is 69.9. The predicted octanol–water partition coefficient (Wildman–Crippen LogP) is 4.42. The number of esters is 8. The van der Waals surface area contributed by atoms with Crippen LogP contribution in [0.4, 0.5) is 0 Å². The Morgan fingerprint density at radius 3 is 0.763 bits per heavy atom. The number of hydrogen-bond acceptors (Lipinski definition) is 34. The van der Waals surface area contributed by atoms with Crippen LogP contribution in [0.1, 0.15) is 81.6 Å². The molecule has 0 aromatic heterocycles. The van der Waals surface area contributed by atoms with E-state index in [1.807, 2.05) is 0 Å². The summed E-state index contributed by atoms with van der Waals surface area (Å²) in [7, 11) is -22.7. The van der Waals surface area contributed by atoms with Crippen molar-refractivity contribution in [1.82, 2.24) is 0 Å². The van der Waals surface area contributed by atoms with E-state index in [2.05, 4.69) is 6.58 Å². The molecule has 0 aliphatic heterocycles. The van der Waals surface area contributed by atoms with Crippen molar-refractivity contribution in [2.24, 2.45) is 0 Å². The largest absolute Gasteiger partial charge is 0.481 e. The molecule has 6 atom stereocenters. The van der Waals surface area contributed by atoms with Crippen molar-refractivity contribution in [3.8, 4) is 0 Å². The highest BCUT2D eigenvalue weighted by Crippen LogP contribution is 2.62. The van der Waals surface area contributed by atoms with Crippen LogP contribution in [-0.4, -0.2) is 152 Å². The number of phosphoric acid groups is 4. The van der Waals surface area contributed by atoms with E-state index in [4.69, 9.17) is 102 Å². The summed E-state index contributed by atoms with van der Waals surface area (Å²) < 4.78 is 176. The summed E-state index contributed by atoms with van der Waals surface area (Å²) >= 11 is 0. The van der Waals surface area contributed by atoms with Crippen LogP contribution in [0.25, 0.3) is 0 Å². The van der Waals surface area contributed by atoms with Crippen LogP contribution >= 0.6 is 31.3 Å². The molecule has 0 N–H and O–H groups in total. The first-order chi connectivity index (χ1) is 35.6. The minimum Gasteiger partial charge on any atom is -0.438 e. The SMILES string of the molecule is C=CCO[C@@H]1[C@H](OCCCCC)[C@@H](OP(=O)(OCOC(C)=O)OCOC(C)=O)[C@H](OP(=O)(OCOC(C)=O)OCOC(C)=O)[C@@H](OP(=O)(OCOC(C)=O)OCOC(C)=O)[C@@H]1OP(=O)(OCOC(C)=O)OCOC(C)=O. The summed E-state index contributed by atoms with van der Waals surface area (Å²) in [5.41, 5.74) is 0. The molecule has 0 aromatic rings. The monoisotopic (exact) mass is 1190 g/mol. The molecule has 38 heteroatoms. The molecule has 0 aromatic carbocycles. The molecule has 1 rings (SSSR count). The molecule has 1 saturated carbocycles. The fourth-order valence-electron chi connectivity index (χ4n) is 5.11. The van der Waals surface area contributed by atoms with Crippen LogP contribution < -0.4 is 0 Å². The quantitative estimate of drug-likeness (QED) is 0.0205. The number of ether oxygens (including phenoxy) is 10. The molecule has 0 saturated heterocycles. The van der Waals surface area contributed by atoms with Gasteiger partial charge in [0.1, 0.15) is 36.6 Å². The highest BCUT2D eigenvalue weighted by Gasteiger charge is 2.62. The van der Waals surface area contributed by atoms with Gasteiger partial charge in [-0.25, -0.2) is 54.5 Å². The van der Waals surface area contributed by atoms with Crippen molar-refractivity contribution in [3.63, 3.8) is 0 Å². The van der Waals surface area contributed by atoms with E-state index >= 15 is 0 Å². The number of hydrogen-bond donors (Lipinski definition) is 0. The molecular formula is C38H62O34P4. The van der Waals surface area contributed by atoms with E-state index in [0.717, 1.165) is 61.5 Å². The Morgan fingerprint density at radius 2 is 0.566 bits per heavy atom. The van der Waals surface area contributed by atoms with Gasteiger partial charge in [0.25, 0.3) is 0 Å². The second-order valence-corrected chi connectivity index (χ2v) is 20.7. The maximum atomic E-state index is 14.9. The third-order valence-electron chi connectivity index (χ3n) is 8.19. The Bertz CT molecular complexity index is 2010. The number of carbonyl (C=O) groups excluding carboxylic acids is 8. The van der Waals surface area contributed by atoms with Crippen LogP contribution in [0.3, 0.4) is 0 Å². The highest BCUT2D eigenvalue weighted by atomic mass is 31.2. The van der Waals surface area contributed by atoms with E-state index < -0.39 is 177 Å². The van der Waals surface area contributed by atoms with Gasteiger partial charge in [-0.05, 0) is 6.42 Å². The zero-order valence-electron chi connectivity index (χ0n) is 42.6. The van der Waals surface area contributed by atoms with Gasteiger partial charge >= 0.3 is 79.0 Å². The summed E-state index contributed by atoms with van der Waals surface area (Å²) in [5.74, 6) is -8.37. The van der Waals surface area contributed by atoms with Gasteiger partial charge in [-0.3, -0.25) is 56.5 Å². The van der Waals surface area contributed by atoms with Gasteiger partial charge in [-0.1, -0.05) is 25.8 Å². The van der Waals surface area contributed by atoms with Crippen LogP contribution in [0.5, 0.6) is 0 Å². The first-order valence-electron chi connectivity index (χ1n) is 21.8. The molecule has 0 spiro atoms. The average Bonchev–Trinajstić information content (AvgIpc) is 3.28. The number of carbonyl (C=O) groups is 8. The van der Waals surface area contributed by atoms with E-state index in [0.29, 0.717) is 12.8 Å². The topological polar surface area (TPSA) is 408 Å². The van der Waals surface area contributed by atoms with Gasteiger partial charge in [0.05, 0.1) is 6.61 Å². The first-order valence-corrected chi connectivity index (χ1v) is 27.7. The summed E-state index contributed by atoms with van der Waals surface area (Å²) in [4.78, 5) is 94.9. The Morgan fingerprint density at radius 1 is 0.355 bits per heavy atom. The second-order valence-electron chi connectivity index (χ2n) is 14.3. The minimum absolute atomic E-state index is 0.169. The second kappa shape index (κ2) is 36.1. The summed E-state index contributed by atoms with van der Waals surface area (Å²) in [5, 5.41) is 0. The van der Waals surface area contributed by atoms with Crippen molar-refractivity contribution >= 4 is 79.0 Å². The Balaban J connectivity index is 4.86. The molecular weight excluding hydrogens is 1120 g/mol. The Kier molecular flexibility index (Phi) is 33.2. The molecule has 438 valence electrons. The van der Waals surface area contributed by atoms with Gasteiger partial charge in [0, 0.05) is 62.0 Å².